The second-order valence-electron chi connectivity index (χ2n) is 9.42. The van der Waals surface area contributed by atoms with Crippen molar-refractivity contribution in [2.24, 2.45) is 22.2 Å². The monoisotopic (exact) mass is 335 g/mol. The summed E-state index contributed by atoms with van der Waals surface area (Å²) in [5.74, 6) is 0.771. The molecule has 1 N–H and O–H groups in total. The number of ketones is 1. The highest BCUT2D eigenvalue weighted by molar-refractivity contribution is 5.86. The molecule has 136 valence electrons. The van der Waals surface area contributed by atoms with Crippen molar-refractivity contribution in [3.05, 3.63) is 0 Å². The summed E-state index contributed by atoms with van der Waals surface area (Å²) in [6.45, 7) is 10.9. The molecular formula is C20H33NO3. The summed E-state index contributed by atoms with van der Waals surface area (Å²) >= 11 is 0. The smallest absolute Gasteiger partial charge is 0.225 e. The highest BCUT2D eigenvalue weighted by Gasteiger charge is 2.67. The quantitative estimate of drug-likeness (QED) is 0.839. The van der Waals surface area contributed by atoms with Crippen LogP contribution in [0.4, 0.5) is 0 Å². The Morgan fingerprint density at radius 1 is 1.29 bits per heavy atom. The molecule has 1 unspecified atom stereocenters. The van der Waals surface area contributed by atoms with Gasteiger partial charge >= 0.3 is 0 Å². The van der Waals surface area contributed by atoms with E-state index in [0.717, 1.165) is 25.3 Å². The summed E-state index contributed by atoms with van der Waals surface area (Å²) in [5, 5.41) is 10.5. The molecule has 2 bridgehead atoms. The van der Waals surface area contributed by atoms with E-state index >= 15 is 0 Å². The summed E-state index contributed by atoms with van der Waals surface area (Å²) in [6, 6.07) is 0.343. The Labute approximate surface area is 146 Å². The Hall–Kier alpha value is -0.900. The van der Waals surface area contributed by atoms with Crippen molar-refractivity contribution in [2.45, 2.75) is 85.3 Å². The third kappa shape index (κ3) is 2.21. The van der Waals surface area contributed by atoms with Crippen molar-refractivity contribution in [1.82, 2.24) is 4.90 Å². The molecule has 24 heavy (non-hydrogen) atoms. The molecule has 4 heteroatoms. The average Bonchev–Trinajstić information content (AvgIpc) is 3.10. The van der Waals surface area contributed by atoms with Gasteiger partial charge < -0.3 is 10.0 Å². The lowest BCUT2D eigenvalue weighted by molar-refractivity contribution is -0.141. The van der Waals surface area contributed by atoms with Crippen molar-refractivity contribution < 1.29 is 14.7 Å². The molecule has 0 radical (unpaired) electrons. The summed E-state index contributed by atoms with van der Waals surface area (Å²) < 4.78 is 0. The van der Waals surface area contributed by atoms with Crippen LogP contribution in [0.25, 0.3) is 0 Å². The fraction of sp³-hybridized carbons (Fsp3) is 0.900. The van der Waals surface area contributed by atoms with Crippen LogP contribution in [0.3, 0.4) is 0 Å². The van der Waals surface area contributed by atoms with Gasteiger partial charge in [-0.1, -0.05) is 34.6 Å². The first-order valence-electron chi connectivity index (χ1n) is 9.58. The standard InChI is InChI=1S/C20H33NO3/c1-6-15(22)18(2,3)16(23)12-17(24)21-10-9-20-8-7-13(11-14(20)21)19(20,4)5/h13-14,16,23H,6-12H2,1-5H3/t13-,14-,16?,20-/m0/s1. The number of likely N-dealkylation sites (tertiary alicyclic amines) is 1. The van der Waals surface area contributed by atoms with Gasteiger partial charge in [0.25, 0.3) is 0 Å². The number of hydrogen-bond donors (Lipinski definition) is 1. The lowest BCUT2D eigenvalue weighted by Gasteiger charge is -2.39. The zero-order chi connectivity index (χ0) is 17.9. The van der Waals surface area contributed by atoms with Gasteiger partial charge in [-0.25, -0.2) is 0 Å². The van der Waals surface area contributed by atoms with E-state index in [1.54, 1.807) is 20.8 Å². The van der Waals surface area contributed by atoms with Crippen LogP contribution in [0.5, 0.6) is 0 Å². The summed E-state index contributed by atoms with van der Waals surface area (Å²) in [6.07, 6.45) is 4.31. The van der Waals surface area contributed by atoms with E-state index in [1.807, 2.05) is 4.90 Å². The molecule has 1 heterocycles. The number of carbonyl (C=O) groups excluding carboxylic acids is 2. The largest absolute Gasteiger partial charge is 0.392 e. The van der Waals surface area contributed by atoms with Crippen LogP contribution < -0.4 is 0 Å². The number of carbonyl (C=O) groups is 2. The molecular weight excluding hydrogens is 302 g/mol. The van der Waals surface area contributed by atoms with Crippen molar-refractivity contribution in [1.29, 1.82) is 0 Å². The van der Waals surface area contributed by atoms with Crippen LogP contribution in [0.2, 0.25) is 0 Å². The minimum atomic E-state index is -0.902. The van der Waals surface area contributed by atoms with Crippen molar-refractivity contribution in [3.8, 4) is 0 Å². The topological polar surface area (TPSA) is 57.6 Å². The second kappa shape index (κ2) is 5.55. The van der Waals surface area contributed by atoms with E-state index in [0.29, 0.717) is 17.9 Å². The first kappa shape index (κ1) is 17.9. The third-order valence-electron chi connectivity index (χ3n) is 8.12. The van der Waals surface area contributed by atoms with Gasteiger partial charge in [-0.2, -0.15) is 0 Å². The minimum absolute atomic E-state index is 0.0155. The minimum Gasteiger partial charge on any atom is -0.392 e. The summed E-state index contributed by atoms with van der Waals surface area (Å²) in [7, 11) is 0. The summed E-state index contributed by atoms with van der Waals surface area (Å²) in [4.78, 5) is 27.0. The molecule has 3 aliphatic rings. The molecule has 1 amide bonds. The van der Waals surface area contributed by atoms with Crippen molar-refractivity contribution in [2.75, 3.05) is 6.54 Å². The third-order valence-corrected chi connectivity index (χ3v) is 8.12. The lowest BCUT2D eigenvalue weighted by atomic mass is 9.67. The zero-order valence-corrected chi connectivity index (χ0v) is 15.9. The first-order chi connectivity index (χ1) is 11.1. The van der Waals surface area contributed by atoms with Gasteiger partial charge in [-0.15, -0.1) is 0 Å². The Morgan fingerprint density at radius 3 is 2.54 bits per heavy atom. The molecule has 4 nitrogen and oxygen atoms in total. The average molecular weight is 335 g/mol. The maximum atomic E-state index is 12.9. The highest BCUT2D eigenvalue weighted by atomic mass is 16.3. The van der Waals surface area contributed by atoms with Crippen LogP contribution in [-0.2, 0) is 9.59 Å². The molecule has 0 aromatic carbocycles. The highest BCUT2D eigenvalue weighted by Crippen LogP contribution is 2.70. The number of hydrogen-bond acceptors (Lipinski definition) is 3. The van der Waals surface area contributed by atoms with Gasteiger partial charge in [0.05, 0.1) is 12.5 Å². The number of aliphatic hydroxyl groups excluding tert-OH is 1. The number of rotatable bonds is 5. The van der Waals surface area contributed by atoms with E-state index in [4.69, 9.17) is 0 Å². The molecule has 1 saturated heterocycles. The van der Waals surface area contributed by atoms with E-state index in [-0.39, 0.29) is 23.5 Å². The zero-order valence-electron chi connectivity index (χ0n) is 15.9. The number of Topliss-reactive ketones (excluding diaryl/α,β-unsaturated/α-hetero) is 1. The van der Waals surface area contributed by atoms with Gasteiger partial charge in [-0.3, -0.25) is 9.59 Å². The summed E-state index contributed by atoms with van der Waals surface area (Å²) in [5.41, 5.74) is -0.244. The van der Waals surface area contributed by atoms with Crippen LogP contribution in [0, 0.1) is 22.2 Å². The fourth-order valence-corrected chi connectivity index (χ4v) is 6.02. The Balaban J connectivity index is 1.71. The predicted octanol–water partition coefficient (Wildman–Crippen LogP) is 3.17. The molecule has 2 saturated carbocycles. The lowest BCUT2D eigenvalue weighted by Crippen LogP contribution is -2.46. The van der Waals surface area contributed by atoms with Crippen molar-refractivity contribution >= 4 is 11.7 Å². The van der Waals surface area contributed by atoms with E-state index in [2.05, 4.69) is 13.8 Å². The Morgan fingerprint density at radius 2 is 1.96 bits per heavy atom. The normalized spacial score (nSPS) is 35.2. The van der Waals surface area contributed by atoms with Gasteiger partial charge in [0.2, 0.25) is 5.91 Å². The van der Waals surface area contributed by atoms with E-state index < -0.39 is 11.5 Å². The van der Waals surface area contributed by atoms with Crippen LogP contribution in [0.1, 0.15) is 73.1 Å². The number of fused-ring (bicyclic) bond motifs is 1. The molecule has 0 aromatic heterocycles. The second-order valence-corrected chi connectivity index (χ2v) is 9.42. The first-order valence-corrected chi connectivity index (χ1v) is 9.58. The van der Waals surface area contributed by atoms with Gasteiger partial charge in [0, 0.05) is 24.4 Å². The van der Waals surface area contributed by atoms with E-state index in [9.17, 15) is 14.7 Å². The van der Waals surface area contributed by atoms with Crippen LogP contribution >= 0.6 is 0 Å². The molecule has 1 aliphatic heterocycles. The fourth-order valence-electron chi connectivity index (χ4n) is 6.02. The molecule has 3 rings (SSSR count). The van der Waals surface area contributed by atoms with Gasteiger partial charge in [0.15, 0.2) is 0 Å². The van der Waals surface area contributed by atoms with E-state index in [1.165, 1.54) is 12.8 Å². The Kier molecular flexibility index (Phi) is 4.14. The Bertz CT molecular complexity index is 553. The molecule has 4 atom stereocenters. The SMILES string of the molecule is CCC(=O)C(C)(C)C(O)CC(=O)N1CC[C@@]23CC[C@@H](C[C@H]12)C3(C)C. The molecule has 3 fully saturated rings. The molecule has 2 aliphatic carbocycles. The number of nitrogens with zero attached hydrogens (tertiary/aromatic N) is 1. The van der Waals surface area contributed by atoms with Crippen molar-refractivity contribution in [3.63, 3.8) is 0 Å². The maximum Gasteiger partial charge on any atom is 0.225 e. The predicted molar refractivity (Wildman–Crippen MR) is 93.4 cm³/mol. The van der Waals surface area contributed by atoms with Crippen LogP contribution in [-0.4, -0.2) is 40.4 Å². The number of aliphatic hydroxyl groups is 1. The van der Waals surface area contributed by atoms with Gasteiger partial charge in [0.1, 0.15) is 5.78 Å². The van der Waals surface area contributed by atoms with Crippen LogP contribution in [0.15, 0.2) is 0 Å². The molecule has 0 aromatic rings. The van der Waals surface area contributed by atoms with Gasteiger partial charge in [-0.05, 0) is 42.4 Å². The molecule has 1 spiro atoms. The number of amides is 1. The maximum absolute atomic E-state index is 12.9.